The molecule has 1 amide bonds. The molecule has 21 heavy (non-hydrogen) atoms. The minimum Gasteiger partial charge on any atom is -0.481 e. The van der Waals surface area contributed by atoms with Gasteiger partial charge in [-0.1, -0.05) is 11.3 Å². The maximum absolute atomic E-state index is 11.9. The summed E-state index contributed by atoms with van der Waals surface area (Å²) in [5.74, 6) is -3.03. The summed E-state index contributed by atoms with van der Waals surface area (Å²) < 4.78 is 0.650. The molecule has 2 N–H and O–H groups in total. The van der Waals surface area contributed by atoms with Gasteiger partial charge in [-0.15, -0.1) is 0 Å². The van der Waals surface area contributed by atoms with Crippen LogP contribution in [0.5, 0.6) is 0 Å². The zero-order valence-electron chi connectivity index (χ0n) is 10.6. The molecule has 1 aromatic carbocycles. The van der Waals surface area contributed by atoms with Gasteiger partial charge in [0, 0.05) is 13.0 Å². The molecule has 1 fully saturated rings. The lowest BCUT2D eigenvalue weighted by molar-refractivity contribution is -0.141. The summed E-state index contributed by atoms with van der Waals surface area (Å²) in [7, 11) is 0. The number of carboxylic acid groups (broad SMARTS) is 2. The van der Waals surface area contributed by atoms with E-state index in [0.717, 1.165) is 0 Å². The van der Waals surface area contributed by atoms with Gasteiger partial charge in [0.25, 0.3) is 0 Å². The van der Waals surface area contributed by atoms with Gasteiger partial charge < -0.3 is 10.2 Å². The number of aliphatic carboxylic acids is 1. The number of amides is 1. The van der Waals surface area contributed by atoms with Gasteiger partial charge in [0.1, 0.15) is 0 Å². The van der Waals surface area contributed by atoms with Crippen molar-refractivity contribution in [3.8, 4) is 0 Å². The number of carboxylic acids is 2. The van der Waals surface area contributed by atoms with Crippen molar-refractivity contribution < 1.29 is 24.6 Å². The van der Waals surface area contributed by atoms with Gasteiger partial charge >= 0.3 is 11.9 Å². The van der Waals surface area contributed by atoms with Crippen LogP contribution in [0.1, 0.15) is 16.8 Å². The number of hydrogen-bond acceptors (Lipinski definition) is 5. The summed E-state index contributed by atoms with van der Waals surface area (Å²) in [6.45, 7) is 0.0970. The van der Waals surface area contributed by atoms with Crippen LogP contribution >= 0.6 is 11.3 Å². The standard InChI is InChI=1S/C13H10N2O5S/c16-10-4-7(12(19)20)5-15(10)13-14-8-2-1-6(11(17)18)3-9(8)21-13/h1-3,7H,4-5H2,(H,17,18)(H,19,20). The zero-order chi connectivity index (χ0) is 15.1. The number of aromatic carboxylic acids is 1. The Morgan fingerprint density at radius 2 is 2.10 bits per heavy atom. The van der Waals surface area contributed by atoms with Crippen LogP contribution in [-0.2, 0) is 9.59 Å². The molecule has 0 saturated carbocycles. The van der Waals surface area contributed by atoms with E-state index in [2.05, 4.69) is 4.98 Å². The summed E-state index contributed by atoms with van der Waals surface area (Å²) in [5, 5.41) is 18.3. The van der Waals surface area contributed by atoms with Gasteiger partial charge in [0.2, 0.25) is 5.91 Å². The number of fused-ring (bicyclic) bond motifs is 1. The van der Waals surface area contributed by atoms with Crippen LogP contribution in [0.15, 0.2) is 18.2 Å². The van der Waals surface area contributed by atoms with Crippen molar-refractivity contribution in [2.45, 2.75) is 6.42 Å². The molecular formula is C13H10N2O5S. The van der Waals surface area contributed by atoms with Gasteiger partial charge in [-0.05, 0) is 18.2 Å². The van der Waals surface area contributed by atoms with Crippen LogP contribution in [0.25, 0.3) is 10.2 Å². The molecule has 8 heteroatoms. The smallest absolute Gasteiger partial charge is 0.335 e. The molecule has 1 aliphatic heterocycles. The van der Waals surface area contributed by atoms with E-state index in [4.69, 9.17) is 10.2 Å². The normalized spacial score (nSPS) is 18.4. The molecule has 108 valence electrons. The van der Waals surface area contributed by atoms with Crippen molar-refractivity contribution in [2.24, 2.45) is 5.92 Å². The van der Waals surface area contributed by atoms with Crippen LogP contribution in [-0.4, -0.2) is 39.6 Å². The quantitative estimate of drug-likeness (QED) is 0.888. The van der Waals surface area contributed by atoms with Crippen LogP contribution < -0.4 is 4.90 Å². The summed E-state index contributed by atoms with van der Waals surface area (Å²) >= 11 is 1.18. The molecule has 1 unspecified atom stereocenters. The Kier molecular flexibility index (Phi) is 3.09. The maximum atomic E-state index is 11.9. The molecule has 2 aromatic rings. The Morgan fingerprint density at radius 1 is 1.33 bits per heavy atom. The Morgan fingerprint density at radius 3 is 2.71 bits per heavy atom. The Balaban J connectivity index is 1.96. The molecule has 1 saturated heterocycles. The lowest BCUT2D eigenvalue weighted by Gasteiger charge is -2.10. The maximum Gasteiger partial charge on any atom is 0.335 e. The highest BCUT2D eigenvalue weighted by Crippen LogP contribution is 2.33. The monoisotopic (exact) mass is 306 g/mol. The fourth-order valence-electron chi connectivity index (χ4n) is 2.22. The first kappa shape index (κ1) is 13.5. The van der Waals surface area contributed by atoms with Gasteiger partial charge in [-0.3, -0.25) is 14.5 Å². The number of rotatable bonds is 3. The van der Waals surface area contributed by atoms with Crippen molar-refractivity contribution in [1.29, 1.82) is 0 Å². The van der Waals surface area contributed by atoms with Crippen molar-refractivity contribution in [2.75, 3.05) is 11.4 Å². The van der Waals surface area contributed by atoms with Crippen molar-refractivity contribution >= 4 is 44.5 Å². The molecule has 7 nitrogen and oxygen atoms in total. The number of carbonyl (C=O) groups is 3. The average Bonchev–Trinajstić information content (AvgIpc) is 3.00. The fourth-order valence-corrected chi connectivity index (χ4v) is 3.25. The largest absolute Gasteiger partial charge is 0.481 e. The average molecular weight is 306 g/mol. The minimum absolute atomic E-state index is 0.0361. The molecule has 2 heterocycles. The van der Waals surface area contributed by atoms with Crippen LogP contribution in [0, 0.1) is 5.92 Å². The molecule has 0 radical (unpaired) electrons. The number of carbonyl (C=O) groups excluding carboxylic acids is 1. The zero-order valence-corrected chi connectivity index (χ0v) is 11.5. The second-order valence-corrected chi connectivity index (χ2v) is 5.74. The van der Waals surface area contributed by atoms with E-state index in [-0.39, 0.29) is 24.4 Å². The van der Waals surface area contributed by atoms with E-state index in [1.54, 1.807) is 6.07 Å². The first-order valence-electron chi connectivity index (χ1n) is 6.13. The van der Waals surface area contributed by atoms with E-state index in [0.29, 0.717) is 15.3 Å². The predicted octanol–water partition coefficient (Wildman–Crippen LogP) is 1.43. The second kappa shape index (κ2) is 4.81. The summed E-state index contributed by atoms with van der Waals surface area (Å²) in [6.07, 6.45) is -0.0361. The third-order valence-corrected chi connectivity index (χ3v) is 4.37. The SMILES string of the molecule is O=C(O)c1ccc2nc(N3CC(C(=O)O)CC3=O)sc2c1. The predicted molar refractivity (Wildman–Crippen MR) is 74.7 cm³/mol. The molecule has 1 aromatic heterocycles. The van der Waals surface area contributed by atoms with Crippen molar-refractivity contribution in [3.05, 3.63) is 23.8 Å². The second-order valence-electron chi connectivity index (χ2n) is 4.73. The third kappa shape index (κ3) is 2.33. The van der Waals surface area contributed by atoms with Crippen LogP contribution in [0.2, 0.25) is 0 Å². The van der Waals surface area contributed by atoms with Gasteiger partial charge in [0.15, 0.2) is 5.13 Å². The Labute approximate surface area is 122 Å². The topological polar surface area (TPSA) is 108 Å². The molecule has 0 aliphatic carbocycles. The Hall–Kier alpha value is -2.48. The molecule has 1 aliphatic rings. The van der Waals surface area contributed by atoms with Crippen LogP contribution in [0.4, 0.5) is 5.13 Å². The van der Waals surface area contributed by atoms with E-state index >= 15 is 0 Å². The number of anilines is 1. The molecule has 1 atom stereocenters. The highest BCUT2D eigenvalue weighted by Gasteiger charge is 2.36. The fraction of sp³-hybridized carbons (Fsp3) is 0.231. The molecular weight excluding hydrogens is 296 g/mol. The lowest BCUT2D eigenvalue weighted by Crippen LogP contribution is -2.25. The first-order chi connectivity index (χ1) is 9.95. The van der Waals surface area contributed by atoms with E-state index in [9.17, 15) is 14.4 Å². The van der Waals surface area contributed by atoms with Gasteiger partial charge in [0.05, 0.1) is 21.7 Å². The van der Waals surface area contributed by atoms with E-state index in [1.165, 1.54) is 28.4 Å². The molecule has 0 bridgehead atoms. The minimum atomic E-state index is -1.03. The van der Waals surface area contributed by atoms with E-state index in [1.807, 2.05) is 0 Å². The number of benzene rings is 1. The summed E-state index contributed by atoms with van der Waals surface area (Å²) in [6, 6.07) is 4.52. The van der Waals surface area contributed by atoms with Crippen LogP contribution in [0.3, 0.4) is 0 Å². The number of aromatic nitrogens is 1. The number of hydrogen-bond donors (Lipinski definition) is 2. The highest BCUT2D eigenvalue weighted by molar-refractivity contribution is 7.22. The Bertz CT molecular complexity index is 769. The lowest BCUT2D eigenvalue weighted by atomic mass is 10.1. The number of nitrogens with zero attached hydrogens (tertiary/aromatic N) is 2. The summed E-state index contributed by atoms with van der Waals surface area (Å²) in [4.78, 5) is 39.4. The first-order valence-corrected chi connectivity index (χ1v) is 6.94. The molecule has 0 spiro atoms. The third-order valence-electron chi connectivity index (χ3n) is 3.33. The molecule has 3 rings (SSSR count). The van der Waals surface area contributed by atoms with Crippen molar-refractivity contribution in [3.63, 3.8) is 0 Å². The highest BCUT2D eigenvalue weighted by atomic mass is 32.1. The van der Waals surface area contributed by atoms with Gasteiger partial charge in [-0.2, -0.15) is 0 Å². The van der Waals surface area contributed by atoms with Gasteiger partial charge in [-0.25, -0.2) is 9.78 Å². The number of thiazole rings is 1. The summed E-state index contributed by atoms with van der Waals surface area (Å²) in [5.41, 5.74) is 0.737. The van der Waals surface area contributed by atoms with Crippen molar-refractivity contribution in [1.82, 2.24) is 4.98 Å². The van der Waals surface area contributed by atoms with E-state index < -0.39 is 17.9 Å².